The second-order valence-electron chi connectivity index (χ2n) is 6.22. The Balaban J connectivity index is 2.10. The molecule has 0 spiro atoms. The highest BCUT2D eigenvalue weighted by atomic mass is 35.5. The van der Waals surface area contributed by atoms with E-state index in [1.807, 2.05) is 19.1 Å². The van der Waals surface area contributed by atoms with E-state index in [0.717, 1.165) is 5.56 Å². The minimum absolute atomic E-state index is 0.0266. The molecule has 1 atom stereocenters. The summed E-state index contributed by atoms with van der Waals surface area (Å²) in [6.07, 6.45) is 0. The number of esters is 1. The highest BCUT2D eigenvalue weighted by Crippen LogP contribution is 2.28. The van der Waals surface area contributed by atoms with E-state index in [1.165, 1.54) is 6.92 Å². The smallest absolute Gasteiger partial charge is 0.344 e. The zero-order chi connectivity index (χ0) is 20.8. The van der Waals surface area contributed by atoms with Crippen molar-refractivity contribution in [1.29, 1.82) is 0 Å². The van der Waals surface area contributed by atoms with Gasteiger partial charge in [-0.05, 0) is 45.4 Å². The Morgan fingerprint density at radius 3 is 2.39 bits per heavy atom. The number of rotatable bonds is 8. The maximum Gasteiger partial charge on any atom is 0.344 e. The molecule has 0 saturated carbocycles. The maximum atomic E-state index is 12.3. The molecule has 28 heavy (non-hydrogen) atoms. The van der Waals surface area contributed by atoms with E-state index < -0.39 is 11.9 Å². The molecule has 7 nitrogen and oxygen atoms in total. The van der Waals surface area contributed by atoms with Gasteiger partial charge < -0.3 is 14.5 Å². The van der Waals surface area contributed by atoms with Crippen molar-refractivity contribution in [3.8, 4) is 0 Å². The Morgan fingerprint density at radius 2 is 1.82 bits per heavy atom. The summed E-state index contributed by atoms with van der Waals surface area (Å²) >= 11 is 5.88. The number of carbonyl (C=O) groups excluding carboxylic acids is 3. The predicted octanol–water partition coefficient (Wildman–Crippen LogP) is 3.91. The van der Waals surface area contributed by atoms with Crippen molar-refractivity contribution in [1.82, 2.24) is 5.32 Å². The molecule has 150 valence electrons. The molecule has 1 heterocycles. The minimum atomic E-state index is -0.720. The summed E-state index contributed by atoms with van der Waals surface area (Å²) in [4.78, 5) is 36.5. The minimum Gasteiger partial charge on any atom is -0.462 e. The zero-order valence-corrected chi connectivity index (χ0v) is 17.0. The van der Waals surface area contributed by atoms with Gasteiger partial charge in [-0.1, -0.05) is 23.7 Å². The Morgan fingerprint density at radius 1 is 1.18 bits per heavy atom. The fraction of sp³-hybridized carbons (Fsp3) is 0.350. The van der Waals surface area contributed by atoms with Gasteiger partial charge in [0.25, 0.3) is 0 Å². The molecule has 8 heteroatoms. The Hall–Kier alpha value is -2.64. The van der Waals surface area contributed by atoms with Crippen LogP contribution in [0.15, 0.2) is 28.7 Å². The van der Waals surface area contributed by atoms with Crippen LogP contribution in [0.5, 0.6) is 0 Å². The summed E-state index contributed by atoms with van der Waals surface area (Å²) in [5.41, 5.74) is 1.01. The number of anilines is 1. The van der Waals surface area contributed by atoms with Crippen LogP contribution in [-0.2, 0) is 9.53 Å². The van der Waals surface area contributed by atoms with Crippen molar-refractivity contribution in [3.63, 3.8) is 0 Å². The van der Waals surface area contributed by atoms with Gasteiger partial charge in [0.15, 0.2) is 5.78 Å². The first-order chi connectivity index (χ1) is 13.2. The van der Waals surface area contributed by atoms with Crippen LogP contribution in [0.2, 0.25) is 5.02 Å². The van der Waals surface area contributed by atoms with Crippen LogP contribution in [0.25, 0.3) is 0 Å². The van der Waals surface area contributed by atoms with Gasteiger partial charge in [-0.2, -0.15) is 0 Å². The molecule has 1 aromatic heterocycles. The molecule has 0 aliphatic heterocycles. The van der Waals surface area contributed by atoms with Crippen molar-refractivity contribution < 1.29 is 23.5 Å². The first-order valence-electron chi connectivity index (χ1n) is 8.84. The van der Waals surface area contributed by atoms with Crippen molar-refractivity contribution in [2.24, 2.45) is 0 Å². The van der Waals surface area contributed by atoms with Crippen molar-refractivity contribution in [2.45, 2.75) is 33.7 Å². The summed E-state index contributed by atoms with van der Waals surface area (Å²) in [6, 6.07) is 7.18. The number of hydrogen-bond acceptors (Lipinski definition) is 6. The Bertz CT molecular complexity index is 873. The number of hydrogen-bond donors (Lipinski definition) is 2. The van der Waals surface area contributed by atoms with Crippen LogP contribution in [0.3, 0.4) is 0 Å². The summed E-state index contributed by atoms with van der Waals surface area (Å²) < 4.78 is 10.4. The van der Waals surface area contributed by atoms with Gasteiger partial charge in [0, 0.05) is 11.1 Å². The lowest BCUT2D eigenvalue weighted by atomic mass is 10.1. The van der Waals surface area contributed by atoms with Gasteiger partial charge in [-0.15, -0.1) is 0 Å². The number of Topliss-reactive ketones (excluding diaryl/α,β-unsaturated/α-hetero) is 1. The van der Waals surface area contributed by atoms with E-state index in [9.17, 15) is 14.4 Å². The molecule has 0 unspecified atom stereocenters. The van der Waals surface area contributed by atoms with Crippen molar-refractivity contribution in [2.75, 3.05) is 18.5 Å². The number of benzene rings is 1. The second kappa shape index (κ2) is 9.52. The van der Waals surface area contributed by atoms with Crippen LogP contribution < -0.4 is 10.6 Å². The lowest BCUT2D eigenvalue weighted by molar-refractivity contribution is -0.115. The van der Waals surface area contributed by atoms with Gasteiger partial charge in [0.1, 0.15) is 11.3 Å². The second-order valence-corrected chi connectivity index (χ2v) is 6.65. The number of ketones is 1. The number of halogens is 1. The van der Waals surface area contributed by atoms with Crippen LogP contribution in [0, 0.1) is 6.92 Å². The number of nitrogens with one attached hydrogen (secondary N) is 2. The zero-order valence-electron chi connectivity index (χ0n) is 16.2. The van der Waals surface area contributed by atoms with E-state index in [2.05, 4.69) is 10.6 Å². The Labute approximate surface area is 168 Å². The lowest BCUT2D eigenvalue weighted by Crippen LogP contribution is -2.30. The fourth-order valence-electron chi connectivity index (χ4n) is 2.74. The topological polar surface area (TPSA) is 97.6 Å². The first-order valence-corrected chi connectivity index (χ1v) is 9.22. The van der Waals surface area contributed by atoms with E-state index in [1.54, 1.807) is 26.0 Å². The summed E-state index contributed by atoms with van der Waals surface area (Å²) in [5.74, 6) is -1.34. The highest BCUT2D eigenvalue weighted by molar-refractivity contribution is 6.30. The standard InChI is InChI=1S/C20H23ClN2O5/c1-5-27-20(26)18-17(12(3)24)13(4)28-19(18)23-16(25)10-22-11(2)14-6-8-15(21)9-7-14/h6-9,11,22H,5,10H2,1-4H3,(H,23,25)/t11-/m0/s1. The molecule has 0 fully saturated rings. The maximum absolute atomic E-state index is 12.3. The fourth-order valence-corrected chi connectivity index (χ4v) is 2.87. The SMILES string of the molecule is CCOC(=O)c1c(NC(=O)CN[C@@H](C)c2ccc(Cl)cc2)oc(C)c1C(C)=O. The number of amides is 1. The number of furan rings is 1. The van der Waals surface area contributed by atoms with Gasteiger partial charge in [0.05, 0.1) is 18.7 Å². The molecule has 0 bridgehead atoms. The van der Waals surface area contributed by atoms with Gasteiger partial charge in [0.2, 0.25) is 11.8 Å². The molecular formula is C20H23ClN2O5. The Kier molecular flexibility index (Phi) is 7.37. The van der Waals surface area contributed by atoms with E-state index >= 15 is 0 Å². The van der Waals surface area contributed by atoms with Crippen LogP contribution in [0.4, 0.5) is 5.88 Å². The van der Waals surface area contributed by atoms with Crippen molar-refractivity contribution >= 4 is 35.1 Å². The van der Waals surface area contributed by atoms with Crippen LogP contribution in [0.1, 0.15) is 58.9 Å². The molecule has 2 N–H and O–H groups in total. The third kappa shape index (κ3) is 5.21. The molecule has 1 amide bonds. The van der Waals surface area contributed by atoms with E-state index in [4.69, 9.17) is 20.8 Å². The third-order valence-corrected chi connectivity index (χ3v) is 4.36. The normalized spacial score (nSPS) is 11.8. The molecule has 0 radical (unpaired) electrons. The van der Waals surface area contributed by atoms with Crippen molar-refractivity contribution in [3.05, 3.63) is 51.7 Å². The molecular weight excluding hydrogens is 384 g/mol. The van der Waals surface area contributed by atoms with Gasteiger partial charge in [-0.3, -0.25) is 14.9 Å². The monoisotopic (exact) mass is 406 g/mol. The van der Waals surface area contributed by atoms with E-state index in [-0.39, 0.29) is 47.7 Å². The summed E-state index contributed by atoms with van der Waals surface area (Å²) in [5, 5.41) is 6.25. The van der Waals surface area contributed by atoms with E-state index in [0.29, 0.717) is 5.02 Å². The molecule has 2 aromatic rings. The lowest BCUT2D eigenvalue weighted by Gasteiger charge is -2.14. The van der Waals surface area contributed by atoms with Gasteiger partial charge in [-0.25, -0.2) is 4.79 Å². The van der Waals surface area contributed by atoms with Crippen LogP contribution >= 0.6 is 11.6 Å². The van der Waals surface area contributed by atoms with Gasteiger partial charge >= 0.3 is 5.97 Å². The summed E-state index contributed by atoms with van der Waals surface area (Å²) in [6.45, 7) is 6.54. The molecule has 0 aliphatic rings. The first kappa shape index (κ1) is 21.7. The molecule has 2 rings (SSSR count). The molecule has 1 aromatic carbocycles. The predicted molar refractivity (Wildman–Crippen MR) is 106 cm³/mol. The molecule has 0 saturated heterocycles. The highest BCUT2D eigenvalue weighted by Gasteiger charge is 2.28. The average Bonchev–Trinajstić information content (AvgIpc) is 2.96. The van der Waals surface area contributed by atoms with Crippen LogP contribution in [-0.4, -0.2) is 30.8 Å². The average molecular weight is 407 g/mol. The number of aryl methyl sites for hydroxylation is 1. The molecule has 0 aliphatic carbocycles. The third-order valence-electron chi connectivity index (χ3n) is 4.11. The summed E-state index contributed by atoms with van der Waals surface area (Å²) in [7, 11) is 0. The quantitative estimate of drug-likeness (QED) is 0.509. The largest absolute Gasteiger partial charge is 0.462 e. The number of ether oxygens (including phenoxy) is 1. The number of carbonyl (C=O) groups is 3.